The van der Waals surface area contributed by atoms with E-state index in [9.17, 15) is 9.59 Å². The van der Waals surface area contributed by atoms with Crippen molar-refractivity contribution in [2.24, 2.45) is 7.05 Å². The van der Waals surface area contributed by atoms with E-state index in [1.54, 1.807) is 7.05 Å². The topological polar surface area (TPSA) is 75.1 Å². The first-order valence-electron chi connectivity index (χ1n) is 4.54. The van der Waals surface area contributed by atoms with Gasteiger partial charge in [-0.15, -0.1) is 0 Å². The highest BCUT2D eigenvalue weighted by molar-refractivity contribution is 5.67. The Morgan fingerprint density at radius 1 is 1.57 bits per heavy atom. The Balaban J connectivity index is 2.94. The molecule has 0 saturated heterocycles. The molecule has 0 aliphatic rings. The van der Waals surface area contributed by atoms with Gasteiger partial charge in [-0.1, -0.05) is 6.92 Å². The van der Waals surface area contributed by atoms with Crippen LogP contribution in [-0.2, 0) is 24.7 Å². The van der Waals surface area contributed by atoms with E-state index in [1.165, 1.54) is 4.68 Å². The highest BCUT2D eigenvalue weighted by atomic mass is 16.4. The molecule has 5 heteroatoms. The molecule has 0 atom stereocenters. The molecule has 0 aliphatic heterocycles. The number of carbonyl (C=O) groups is 1. The molecule has 0 spiro atoms. The Morgan fingerprint density at radius 3 is 2.71 bits per heavy atom. The first-order valence-corrected chi connectivity index (χ1v) is 4.54. The summed E-state index contributed by atoms with van der Waals surface area (Å²) in [5, 5.41) is 11.4. The fourth-order valence-electron chi connectivity index (χ4n) is 1.43. The normalized spacial score (nSPS) is 10.4. The molecule has 0 radical (unpaired) electrons. The number of H-pyrrole nitrogens is 1. The zero-order valence-corrected chi connectivity index (χ0v) is 8.33. The SMILES string of the molecule is CCc1[nH]n(C)c(=O)c1CCC(=O)O. The van der Waals surface area contributed by atoms with Gasteiger partial charge in [0.05, 0.1) is 0 Å². The number of carboxylic acids is 1. The Morgan fingerprint density at radius 2 is 2.21 bits per heavy atom. The number of nitrogens with one attached hydrogen (secondary N) is 1. The maximum Gasteiger partial charge on any atom is 0.303 e. The fraction of sp³-hybridized carbons (Fsp3) is 0.556. The number of aromatic nitrogens is 2. The Labute approximate surface area is 81.3 Å². The summed E-state index contributed by atoms with van der Waals surface area (Å²) in [6.45, 7) is 1.93. The number of hydrogen-bond donors (Lipinski definition) is 2. The predicted molar refractivity (Wildman–Crippen MR) is 51.4 cm³/mol. The van der Waals surface area contributed by atoms with Gasteiger partial charge in [-0.2, -0.15) is 0 Å². The van der Waals surface area contributed by atoms with Crippen molar-refractivity contribution in [1.29, 1.82) is 0 Å². The quantitative estimate of drug-likeness (QED) is 0.730. The van der Waals surface area contributed by atoms with E-state index in [0.29, 0.717) is 18.4 Å². The number of aromatic amines is 1. The van der Waals surface area contributed by atoms with Gasteiger partial charge in [0.15, 0.2) is 0 Å². The van der Waals surface area contributed by atoms with Gasteiger partial charge < -0.3 is 5.11 Å². The van der Waals surface area contributed by atoms with Crippen LogP contribution in [0.2, 0.25) is 0 Å². The summed E-state index contributed by atoms with van der Waals surface area (Å²) in [7, 11) is 1.63. The predicted octanol–water partition coefficient (Wildman–Crippen LogP) is 0.293. The minimum absolute atomic E-state index is 0.0000926. The van der Waals surface area contributed by atoms with Crippen LogP contribution in [0.3, 0.4) is 0 Å². The van der Waals surface area contributed by atoms with Gasteiger partial charge in [-0.3, -0.25) is 19.4 Å². The molecule has 1 aromatic heterocycles. The molecule has 1 heterocycles. The molecule has 14 heavy (non-hydrogen) atoms. The van der Waals surface area contributed by atoms with Crippen LogP contribution in [0.1, 0.15) is 24.6 Å². The molecule has 0 aliphatic carbocycles. The Kier molecular flexibility index (Phi) is 3.11. The second-order valence-corrected chi connectivity index (χ2v) is 3.18. The lowest BCUT2D eigenvalue weighted by molar-refractivity contribution is -0.136. The lowest BCUT2D eigenvalue weighted by Gasteiger charge is -1.95. The fourth-order valence-corrected chi connectivity index (χ4v) is 1.43. The lowest BCUT2D eigenvalue weighted by atomic mass is 10.1. The van der Waals surface area contributed by atoms with E-state index in [2.05, 4.69) is 5.10 Å². The van der Waals surface area contributed by atoms with E-state index in [4.69, 9.17) is 5.11 Å². The number of nitrogens with zero attached hydrogens (tertiary/aromatic N) is 1. The molecular formula is C9H14N2O3. The van der Waals surface area contributed by atoms with Crippen LogP contribution in [0, 0.1) is 0 Å². The number of hydrogen-bond acceptors (Lipinski definition) is 2. The molecular weight excluding hydrogens is 184 g/mol. The maximum atomic E-state index is 11.5. The van der Waals surface area contributed by atoms with E-state index in [-0.39, 0.29) is 12.0 Å². The lowest BCUT2D eigenvalue weighted by Crippen LogP contribution is -2.16. The average Bonchev–Trinajstić information content (AvgIpc) is 2.40. The van der Waals surface area contributed by atoms with Crippen molar-refractivity contribution in [2.45, 2.75) is 26.2 Å². The molecule has 78 valence electrons. The minimum atomic E-state index is -0.879. The summed E-state index contributed by atoms with van der Waals surface area (Å²) < 4.78 is 1.38. The van der Waals surface area contributed by atoms with Gasteiger partial charge >= 0.3 is 5.97 Å². The molecule has 0 fully saturated rings. The summed E-state index contributed by atoms with van der Waals surface area (Å²) >= 11 is 0. The van der Waals surface area contributed by atoms with Crippen molar-refractivity contribution in [2.75, 3.05) is 0 Å². The summed E-state index contributed by atoms with van der Waals surface area (Å²) in [5.74, 6) is -0.879. The van der Waals surface area contributed by atoms with Crippen LogP contribution in [0.4, 0.5) is 0 Å². The summed E-state index contributed by atoms with van der Waals surface area (Å²) in [5.41, 5.74) is 1.30. The number of aryl methyl sites for hydroxylation is 2. The average molecular weight is 198 g/mol. The number of rotatable bonds is 4. The second-order valence-electron chi connectivity index (χ2n) is 3.18. The molecule has 0 bridgehead atoms. The number of carboxylic acid groups (broad SMARTS) is 1. The van der Waals surface area contributed by atoms with Crippen molar-refractivity contribution in [1.82, 2.24) is 9.78 Å². The van der Waals surface area contributed by atoms with Crippen molar-refractivity contribution in [3.8, 4) is 0 Å². The standard InChI is InChI=1S/C9H14N2O3/c1-3-7-6(4-5-8(12)13)9(14)11(2)10-7/h10H,3-5H2,1-2H3,(H,12,13). The van der Waals surface area contributed by atoms with Crippen LogP contribution >= 0.6 is 0 Å². The summed E-state index contributed by atoms with van der Waals surface area (Å²) in [6.07, 6.45) is 1.01. The van der Waals surface area contributed by atoms with Crippen LogP contribution < -0.4 is 5.56 Å². The van der Waals surface area contributed by atoms with Crippen LogP contribution in [0.25, 0.3) is 0 Å². The summed E-state index contributed by atoms with van der Waals surface area (Å²) in [6, 6.07) is 0. The largest absolute Gasteiger partial charge is 0.481 e. The van der Waals surface area contributed by atoms with Crippen LogP contribution in [0.15, 0.2) is 4.79 Å². The molecule has 0 saturated carbocycles. The molecule has 1 rings (SSSR count). The highest BCUT2D eigenvalue weighted by Crippen LogP contribution is 2.04. The Bertz CT molecular complexity index is 389. The summed E-state index contributed by atoms with van der Waals surface area (Å²) in [4.78, 5) is 21.9. The number of aliphatic carboxylic acids is 1. The van der Waals surface area contributed by atoms with Crippen molar-refractivity contribution in [3.63, 3.8) is 0 Å². The first-order chi connectivity index (χ1) is 6.56. The third-order valence-corrected chi connectivity index (χ3v) is 2.17. The van der Waals surface area contributed by atoms with Gasteiger partial charge in [0.1, 0.15) is 0 Å². The van der Waals surface area contributed by atoms with E-state index < -0.39 is 5.97 Å². The van der Waals surface area contributed by atoms with Crippen LogP contribution in [-0.4, -0.2) is 20.9 Å². The Hall–Kier alpha value is -1.52. The molecule has 1 aromatic rings. The van der Waals surface area contributed by atoms with Gasteiger partial charge in [-0.25, -0.2) is 0 Å². The third kappa shape index (κ3) is 2.04. The molecule has 0 aromatic carbocycles. The molecule has 0 unspecified atom stereocenters. The van der Waals surface area contributed by atoms with Gasteiger partial charge in [0.2, 0.25) is 0 Å². The van der Waals surface area contributed by atoms with Gasteiger partial charge in [-0.05, 0) is 12.8 Å². The van der Waals surface area contributed by atoms with E-state index in [1.807, 2.05) is 6.92 Å². The zero-order chi connectivity index (χ0) is 10.7. The monoisotopic (exact) mass is 198 g/mol. The van der Waals surface area contributed by atoms with Crippen LogP contribution in [0.5, 0.6) is 0 Å². The first kappa shape index (κ1) is 10.6. The smallest absolute Gasteiger partial charge is 0.303 e. The molecule has 2 N–H and O–H groups in total. The van der Waals surface area contributed by atoms with Gasteiger partial charge in [0.25, 0.3) is 5.56 Å². The second kappa shape index (κ2) is 4.13. The van der Waals surface area contributed by atoms with E-state index in [0.717, 1.165) is 5.69 Å². The van der Waals surface area contributed by atoms with Crippen molar-refractivity contribution < 1.29 is 9.90 Å². The van der Waals surface area contributed by atoms with Gasteiger partial charge in [0, 0.05) is 24.7 Å². The van der Waals surface area contributed by atoms with Crippen molar-refractivity contribution in [3.05, 3.63) is 21.6 Å². The third-order valence-electron chi connectivity index (χ3n) is 2.17. The minimum Gasteiger partial charge on any atom is -0.481 e. The molecule has 0 amide bonds. The zero-order valence-electron chi connectivity index (χ0n) is 8.33. The van der Waals surface area contributed by atoms with Crippen molar-refractivity contribution >= 4 is 5.97 Å². The highest BCUT2D eigenvalue weighted by Gasteiger charge is 2.11. The van der Waals surface area contributed by atoms with E-state index >= 15 is 0 Å². The maximum absolute atomic E-state index is 11.5. The molecule has 5 nitrogen and oxygen atoms in total.